The molecule has 274 valence electrons. The summed E-state index contributed by atoms with van der Waals surface area (Å²) in [6.07, 6.45) is 18.3. The van der Waals surface area contributed by atoms with Gasteiger partial charge < -0.3 is 32.4 Å². The molecule has 0 saturated carbocycles. The number of aryl methyl sites for hydroxylation is 2. The van der Waals surface area contributed by atoms with Crippen LogP contribution >= 0.6 is 22.7 Å². The van der Waals surface area contributed by atoms with Gasteiger partial charge in [0.1, 0.15) is 0 Å². The van der Waals surface area contributed by atoms with Gasteiger partial charge in [0.2, 0.25) is 5.95 Å². The largest absolute Gasteiger partial charge is 1.00 e. The zero-order valence-corrected chi connectivity index (χ0v) is 43.9. The van der Waals surface area contributed by atoms with Crippen molar-refractivity contribution in [2.24, 2.45) is 0 Å². The Morgan fingerprint density at radius 1 is 0.815 bits per heavy atom. The summed E-state index contributed by atoms with van der Waals surface area (Å²) < 4.78 is 11.7. The zero-order valence-electron chi connectivity index (χ0n) is 30.7. The summed E-state index contributed by atoms with van der Waals surface area (Å²) in [6, 6.07) is 4.35. The first-order valence-electron chi connectivity index (χ1n) is 15.5. The van der Waals surface area contributed by atoms with E-state index in [1.54, 1.807) is 41.3 Å². The second-order valence-electron chi connectivity index (χ2n) is 11.0. The van der Waals surface area contributed by atoms with E-state index in [-0.39, 0.29) is 153 Å². The molecule has 54 heavy (non-hydrogen) atoms. The van der Waals surface area contributed by atoms with E-state index >= 15 is 0 Å². The van der Waals surface area contributed by atoms with Gasteiger partial charge >= 0.3 is 138 Å². The van der Waals surface area contributed by atoms with Gasteiger partial charge in [-0.2, -0.15) is 4.39 Å². The van der Waals surface area contributed by atoms with E-state index < -0.39 is 5.95 Å². The molecule has 0 atom stereocenters. The molecule has 6 aromatic rings. The van der Waals surface area contributed by atoms with E-state index in [1.165, 1.54) is 56.0 Å². The Morgan fingerprint density at radius 3 is 1.81 bits per heavy atom. The van der Waals surface area contributed by atoms with Crippen molar-refractivity contribution in [3.63, 3.8) is 0 Å². The average molecular weight is 1010 g/mol. The van der Waals surface area contributed by atoms with Crippen LogP contribution in [0.2, 0.25) is 0 Å². The van der Waals surface area contributed by atoms with Crippen LogP contribution < -0.4 is 164 Å². The molecular formula is C34H39Cs2FN12O3S2. The molecule has 6 aromatic heterocycles. The van der Waals surface area contributed by atoms with Crippen LogP contribution in [0, 0.1) is 19.8 Å². The van der Waals surface area contributed by atoms with E-state index in [0.29, 0.717) is 5.13 Å². The Labute approximate surface area is 440 Å². The van der Waals surface area contributed by atoms with Crippen LogP contribution in [0.3, 0.4) is 0 Å². The molecule has 0 amide bonds. The maximum atomic E-state index is 11.7. The number of rotatable bonds is 5. The fourth-order valence-electron chi connectivity index (χ4n) is 5.08. The minimum Gasteiger partial charge on any atom is -1.00 e. The molecule has 8 rings (SSSR count). The van der Waals surface area contributed by atoms with E-state index in [4.69, 9.17) is 15.8 Å². The number of fused-ring (bicyclic) bond motifs is 2. The van der Waals surface area contributed by atoms with Gasteiger partial charge in [0.05, 0.1) is 60.6 Å². The maximum Gasteiger partial charge on any atom is 1.00 e. The second kappa shape index (κ2) is 25.6. The summed E-state index contributed by atoms with van der Waals surface area (Å²) in [5, 5.41) is 13.2. The molecular weight excluding hydrogens is 973 g/mol. The molecule has 20 heteroatoms. The van der Waals surface area contributed by atoms with Crippen molar-refractivity contribution >= 4 is 56.6 Å². The Balaban J connectivity index is 0.000000417. The number of aromatic nitrogens is 8. The number of nitrogens with one attached hydrogen (secondary N) is 1. The van der Waals surface area contributed by atoms with Crippen molar-refractivity contribution in [3.05, 3.63) is 112 Å². The van der Waals surface area contributed by atoms with Crippen molar-refractivity contribution in [2.75, 3.05) is 33.9 Å². The van der Waals surface area contributed by atoms with E-state index in [9.17, 15) is 4.39 Å². The molecule has 0 spiro atoms. The number of anilines is 5. The quantitative estimate of drug-likeness (QED) is 0.118. The number of halogens is 1. The van der Waals surface area contributed by atoms with Crippen LogP contribution in [0.5, 0.6) is 0 Å². The van der Waals surface area contributed by atoms with Gasteiger partial charge in [0.15, 0.2) is 16.1 Å². The normalized spacial score (nSPS) is 12.0. The van der Waals surface area contributed by atoms with Crippen molar-refractivity contribution in [3.8, 4) is 0 Å². The van der Waals surface area contributed by atoms with Crippen LogP contribution in [0.15, 0.2) is 74.1 Å². The number of thiazole rings is 2. The molecule has 0 bridgehead atoms. The van der Waals surface area contributed by atoms with Gasteiger partial charge in [-0.1, -0.05) is 18.8 Å². The molecule has 2 aliphatic rings. The predicted octanol–water partition coefficient (Wildman–Crippen LogP) is -1.26. The predicted molar refractivity (Wildman–Crippen MR) is 198 cm³/mol. The van der Waals surface area contributed by atoms with Gasteiger partial charge in [-0.05, 0) is 37.1 Å². The number of carbonyl (C=O) groups excluding carboxylic acids is 1. The fraction of sp³-hybridized carbons (Fsp3) is 0.265. The maximum absolute atomic E-state index is 11.7. The molecule has 0 aliphatic carbocycles. The number of nitrogens with two attached hydrogens (primary N) is 1. The molecule has 2 aliphatic heterocycles. The standard InChI is InChI=1S/C16H16N6S.C12H14N4S.C4H3FN2.CH2O3.CH4.2Cs.H/c1-11-6-12(8-18-7-11)22-5-2-13-14(10-22)23-16(20-13)21-15-9-17-3-4-19-15;1-8-4-9(6-14-5-8)16-3-2-10-11(7-16)17-12(13)15-10;5-4-3-6-1-2-7-4;2-1-4-3;;;;/h3-4,6-9H,2,5,10H2,1H3,(H,19,20,21);4-6H,2-3,7H2,1H3,(H2,13,15);1-3H;1,3H;1H4;;;/q;;;;;2*+1;-1/p-1. The summed E-state index contributed by atoms with van der Waals surface area (Å²) >= 11 is 3.28. The molecule has 0 aromatic carbocycles. The SMILES string of the molecule is C.Cc1cncc(N2CCc3nc(N)sc3C2)c1.Cc1cncc(N2CCc3nc(Nc4cnccn4)sc3C2)c1.Fc1cnccn1.O=CO[O-].[Cs+].[Cs+].[H-]. The van der Waals surface area contributed by atoms with Gasteiger partial charge in [0, 0.05) is 72.9 Å². The number of hydrogen-bond donors (Lipinski definition) is 2. The average Bonchev–Trinajstić information content (AvgIpc) is 3.74. The fourth-order valence-corrected chi connectivity index (χ4v) is 7.01. The summed E-state index contributed by atoms with van der Waals surface area (Å²) in [7, 11) is 0. The van der Waals surface area contributed by atoms with Crippen LogP contribution in [0.25, 0.3) is 0 Å². The third-order valence-corrected chi connectivity index (χ3v) is 9.21. The third-order valence-electron chi connectivity index (χ3n) is 7.30. The van der Waals surface area contributed by atoms with Gasteiger partial charge in [-0.25, -0.2) is 19.9 Å². The molecule has 8 heterocycles. The Bertz CT molecular complexity index is 2010. The first-order valence-corrected chi connectivity index (χ1v) is 17.2. The van der Waals surface area contributed by atoms with Crippen LogP contribution in [0.1, 0.15) is 41.1 Å². The molecule has 0 radical (unpaired) electrons. The van der Waals surface area contributed by atoms with Crippen LogP contribution in [-0.4, -0.2) is 59.4 Å². The summed E-state index contributed by atoms with van der Waals surface area (Å²) in [5.41, 5.74) is 12.8. The number of hydrogen-bond acceptors (Lipinski definition) is 17. The number of carbonyl (C=O) groups is 1. The molecule has 0 unspecified atom stereocenters. The van der Waals surface area contributed by atoms with Gasteiger partial charge in [-0.15, -0.1) is 11.3 Å². The second-order valence-corrected chi connectivity index (χ2v) is 13.2. The Kier molecular flexibility index (Phi) is 23.0. The Morgan fingerprint density at radius 2 is 1.35 bits per heavy atom. The van der Waals surface area contributed by atoms with E-state index in [1.807, 2.05) is 24.8 Å². The van der Waals surface area contributed by atoms with Crippen molar-refractivity contribution in [1.29, 1.82) is 0 Å². The van der Waals surface area contributed by atoms with Crippen molar-refractivity contribution < 1.29 is 159 Å². The molecule has 0 fully saturated rings. The van der Waals surface area contributed by atoms with E-state index in [0.717, 1.165) is 56.2 Å². The minimum absolute atomic E-state index is 0. The van der Waals surface area contributed by atoms with Crippen LogP contribution in [0.4, 0.5) is 31.8 Å². The number of nitrogens with zero attached hydrogens (tertiary/aromatic N) is 10. The molecule has 15 nitrogen and oxygen atoms in total. The third kappa shape index (κ3) is 15.4. The monoisotopic (exact) mass is 1010 g/mol. The first-order chi connectivity index (χ1) is 24.8. The Hall–Kier alpha value is -1.62. The van der Waals surface area contributed by atoms with E-state index in [2.05, 4.69) is 85.9 Å². The summed E-state index contributed by atoms with van der Waals surface area (Å²) in [5.74, 6) is 0.181. The summed E-state index contributed by atoms with van der Waals surface area (Å²) in [6.45, 7) is 7.68. The zero-order chi connectivity index (χ0) is 36.0. The summed E-state index contributed by atoms with van der Waals surface area (Å²) in [4.78, 5) is 51.1. The number of nitrogen functional groups attached to an aromatic ring is 1. The number of pyridine rings is 2. The topological polar surface area (TPSA) is 197 Å². The first kappa shape index (κ1) is 48.5. The van der Waals surface area contributed by atoms with Crippen molar-refractivity contribution in [2.45, 2.75) is 47.2 Å². The molecule has 3 N–H and O–H groups in total. The smallest absolute Gasteiger partial charge is 1.00 e. The van der Waals surface area contributed by atoms with Crippen LogP contribution in [-0.2, 0) is 35.6 Å². The van der Waals surface area contributed by atoms with Crippen molar-refractivity contribution in [1.82, 2.24) is 39.9 Å². The molecule has 0 saturated heterocycles. The van der Waals surface area contributed by atoms with Gasteiger partial charge in [0.25, 0.3) is 6.47 Å². The minimum atomic E-state index is -0.539. The van der Waals surface area contributed by atoms with Gasteiger partial charge in [-0.3, -0.25) is 24.7 Å².